The first kappa shape index (κ1) is 21.2. The molecule has 2 aromatic heterocycles. The lowest BCUT2D eigenvalue weighted by Crippen LogP contribution is -2.03. The van der Waals surface area contributed by atoms with E-state index in [9.17, 15) is 14.5 Å². The molecule has 0 fully saturated rings. The summed E-state index contributed by atoms with van der Waals surface area (Å²) in [7, 11) is 2.00. The second-order valence-corrected chi connectivity index (χ2v) is 7.80. The van der Waals surface area contributed by atoms with Crippen LogP contribution in [0.25, 0.3) is 33.5 Å². The van der Waals surface area contributed by atoms with Crippen molar-refractivity contribution < 1.29 is 9.31 Å². The third-order valence-electron chi connectivity index (χ3n) is 5.69. The SMILES string of the molecule is Cc1cc(F)c([N+](=O)[O-])cc1Nc1ncnc(-c2c(-c3ccccc3)n(C)c3ccccc23)n1. The van der Waals surface area contributed by atoms with Crippen molar-refractivity contribution in [2.75, 3.05) is 5.32 Å². The molecule has 1 N–H and O–H groups in total. The summed E-state index contributed by atoms with van der Waals surface area (Å²) in [5.74, 6) is -0.254. The van der Waals surface area contributed by atoms with E-state index in [1.54, 1.807) is 6.92 Å². The molecule has 0 aliphatic carbocycles. The van der Waals surface area contributed by atoms with Gasteiger partial charge in [0.25, 0.3) is 0 Å². The normalized spacial score (nSPS) is 11.0. The summed E-state index contributed by atoms with van der Waals surface area (Å²) < 4.78 is 16.1. The van der Waals surface area contributed by atoms with Gasteiger partial charge in [0, 0.05) is 24.0 Å². The first-order chi connectivity index (χ1) is 16.4. The van der Waals surface area contributed by atoms with E-state index in [4.69, 9.17) is 0 Å². The molecule has 5 rings (SSSR count). The summed E-state index contributed by atoms with van der Waals surface area (Å²) in [5, 5.41) is 15.1. The van der Waals surface area contributed by atoms with E-state index >= 15 is 0 Å². The molecule has 2 heterocycles. The molecule has 0 saturated heterocycles. The lowest BCUT2D eigenvalue weighted by Gasteiger charge is -2.10. The summed E-state index contributed by atoms with van der Waals surface area (Å²) in [5.41, 5.74) is 4.03. The Morgan fingerprint density at radius 3 is 2.53 bits per heavy atom. The van der Waals surface area contributed by atoms with Gasteiger partial charge in [0.1, 0.15) is 6.33 Å². The van der Waals surface area contributed by atoms with Gasteiger partial charge >= 0.3 is 5.69 Å². The Kier molecular flexibility index (Phi) is 5.21. The van der Waals surface area contributed by atoms with Gasteiger partial charge in [-0.15, -0.1) is 0 Å². The Bertz CT molecular complexity index is 1550. The summed E-state index contributed by atoms with van der Waals surface area (Å²) in [6, 6.07) is 20.2. The molecule has 0 aliphatic rings. The van der Waals surface area contributed by atoms with Gasteiger partial charge in [0.2, 0.25) is 11.8 Å². The molecule has 0 atom stereocenters. The van der Waals surface area contributed by atoms with Crippen LogP contribution >= 0.6 is 0 Å². The van der Waals surface area contributed by atoms with Crippen molar-refractivity contribution in [3.63, 3.8) is 0 Å². The number of fused-ring (bicyclic) bond motifs is 1. The Balaban J connectivity index is 1.65. The number of nitrogens with zero attached hydrogens (tertiary/aromatic N) is 5. The summed E-state index contributed by atoms with van der Waals surface area (Å²) in [6.45, 7) is 1.65. The van der Waals surface area contributed by atoms with Crippen LogP contribution in [0.2, 0.25) is 0 Å². The van der Waals surface area contributed by atoms with Gasteiger partial charge in [-0.25, -0.2) is 9.97 Å². The Morgan fingerprint density at radius 1 is 1.03 bits per heavy atom. The number of halogens is 1. The molecule has 0 aliphatic heterocycles. The zero-order chi connectivity index (χ0) is 23.8. The average molecular weight is 454 g/mol. The summed E-state index contributed by atoms with van der Waals surface area (Å²) >= 11 is 0. The number of nitro groups is 1. The minimum Gasteiger partial charge on any atom is -0.343 e. The zero-order valence-corrected chi connectivity index (χ0v) is 18.4. The van der Waals surface area contributed by atoms with Gasteiger partial charge in [-0.1, -0.05) is 48.5 Å². The highest BCUT2D eigenvalue weighted by Crippen LogP contribution is 2.39. The van der Waals surface area contributed by atoms with Crippen molar-refractivity contribution in [1.29, 1.82) is 0 Å². The van der Waals surface area contributed by atoms with Crippen LogP contribution in [-0.4, -0.2) is 24.4 Å². The number of hydrogen-bond donors (Lipinski definition) is 1. The van der Waals surface area contributed by atoms with Gasteiger partial charge in [-0.2, -0.15) is 9.37 Å². The lowest BCUT2D eigenvalue weighted by molar-refractivity contribution is -0.387. The molecular formula is C25H19FN6O2. The van der Waals surface area contributed by atoms with Crippen LogP contribution < -0.4 is 5.32 Å². The molecule has 0 amide bonds. The highest BCUT2D eigenvalue weighted by Gasteiger charge is 2.21. The molecule has 3 aromatic carbocycles. The van der Waals surface area contributed by atoms with E-state index in [0.717, 1.165) is 39.9 Å². The minimum absolute atomic E-state index is 0.195. The summed E-state index contributed by atoms with van der Waals surface area (Å²) in [4.78, 5) is 23.6. The fourth-order valence-corrected chi connectivity index (χ4v) is 4.09. The minimum atomic E-state index is -0.896. The van der Waals surface area contributed by atoms with E-state index in [-0.39, 0.29) is 5.95 Å². The molecule has 0 unspecified atom stereocenters. The van der Waals surface area contributed by atoms with E-state index in [2.05, 4.69) is 24.8 Å². The van der Waals surface area contributed by atoms with Crippen LogP contribution in [0.4, 0.5) is 21.7 Å². The Labute approximate surface area is 193 Å². The molecule has 0 spiro atoms. The maximum Gasteiger partial charge on any atom is 0.306 e. The van der Waals surface area contributed by atoms with Gasteiger partial charge < -0.3 is 9.88 Å². The quantitative estimate of drug-likeness (QED) is 0.266. The number of para-hydroxylation sites is 1. The maximum absolute atomic E-state index is 13.9. The molecule has 0 bridgehead atoms. The van der Waals surface area contributed by atoms with Crippen LogP contribution in [0.15, 0.2) is 73.1 Å². The molecule has 168 valence electrons. The highest BCUT2D eigenvalue weighted by atomic mass is 19.1. The monoisotopic (exact) mass is 454 g/mol. The van der Waals surface area contributed by atoms with Crippen LogP contribution in [0, 0.1) is 22.9 Å². The van der Waals surface area contributed by atoms with Gasteiger partial charge in [0.05, 0.1) is 21.9 Å². The second kappa shape index (κ2) is 8.36. The molecule has 9 heteroatoms. The molecular weight excluding hydrogens is 435 g/mol. The van der Waals surface area contributed by atoms with Gasteiger partial charge in [0.15, 0.2) is 5.82 Å². The number of aromatic nitrogens is 4. The first-order valence-electron chi connectivity index (χ1n) is 10.5. The smallest absolute Gasteiger partial charge is 0.306 e. The number of benzene rings is 3. The van der Waals surface area contributed by atoms with Crippen molar-refractivity contribution in [2.45, 2.75) is 6.92 Å². The predicted molar refractivity (Wildman–Crippen MR) is 128 cm³/mol. The van der Waals surface area contributed by atoms with E-state index in [1.807, 2.05) is 61.6 Å². The average Bonchev–Trinajstić information content (AvgIpc) is 3.14. The van der Waals surface area contributed by atoms with Crippen LogP contribution in [0.5, 0.6) is 0 Å². The van der Waals surface area contributed by atoms with Crippen molar-refractivity contribution in [3.05, 3.63) is 94.6 Å². The number of aryl methyl sites for hydroxylation is 2. The fourth-order valence-electron chi connectivity index (χ4n) is 4.09. The second-order valence-electron chi connectivity index (χ2n) is 7.80. The van der Waals surface area contributed by atoms with E-state index in [0.29, 0.717) is 17.1 Å². The van der Waals surface area contributed by atoms with Crippen molar-refractivity contribution in [3.8, 4) is 22.6 Å². The number of nitro benzene ring substituents is 1. The Hall–Kier alpha value is -4.66. The summed E-state index contributed by atoms with van der Waals surface area (Å²) in [6.07, 6.45) is 1.38. The number of rotatable bonds is 5. The molecule has 0 radical (unpaired) electrons. The number of nitrogens with one attached hydrogen (secondary N) is 1. The third-order valence-corrected chi connectivity index (χ3v) is 5.69. The Morgan fingerprint density at radius 2 is 1.76 bits per heavy atom. The van der Waals surface area contributed by atoms with Crippen LogP contribution in [-0.2, 0) is 7.05 Å². The van der Waals surface area contributed by atoms with E-state index in [1.165, 1.54) is 6.33 Å². The molecule has 0 saturated carbocycles. The van der Waals surface area contributed by atoms with Crippen molar-refractivity contribution in [1.82, 2.24) is 19.5 Å². The first-order valence-corrected chi connectivity index (χ1v) is 10.5. The van der Waals surface area contributed by atoms with Gasteiger partial charge in [-0.3, -0.25) is 10.1 Å². The highest BCUT2D eigenvalue weighted by molar-refractivity contribution is 6.03. The standard InChI is InChI=1S/C25H19FN6O2/c1-15-12-18(26)21(32(33)34)13-19(15)29-25-28-14-27-24(30-25)22-17-10-6-7-11-20(17)31(2)23(22)16-8-4-3-5-9-16/h3-14H,1-2H3,(H,27,28,29,30). The number of anilines is 2. The number of hydrogen-bond acceptors (Lipinski definition) is 6. The zero-order valence-electron chi connectivity index (χ0n) is 18.4. The molecule has 8 nitrogen and oxygen atoms in total. The predicted octanol–water partition coefficient (Wildman–Crippen LogP) is 5.80. The van der Waals surface area contributed by atoms with Crippen LogP contribution in [0.1, 0.15) is 5.56 Å². The molecule has 34 heavy (non-hydrogen) atoms. The third kappa shape index (κ3) is 3.62. The largest absolute Gasteiger partial charge is 0.343 e. The van der Waals surface area contributed by atoms with Gasteiger partial charge in [-0.05, 0) is 30.2 Å². The van der Waals surface area contributed by atoms with E-state index < -0.39 is 16.4 Å². The topological polar surface area (TPSA) is 98.8 Å². The van der Waals surface area contributed by atoms with Crippen molar-refractivity contribution in [2.24, 2.45) is 7.05 Å². The molecule has 5 aromatic rings. The fraction of sp³-hybridized carbons (Fsp3) is 0.0800. The van der Waals surface area contributed by atoms with Crippen LogP contribution in [0.3, 0.4) is 0 Å². The van der Waals surface area contributed by atoms with Crippen molar-refractivity contribution >= 4 is 28.2 Å². The lowest BCUT2D eigenvalue weighted by atomic mass is 10.0. The maximum atomic E-state index is 13.9.